The van der Waals surface area contributed by atoms with E-state index in [0.717, 1.165) is 25.9 Å². The van der Waals surface area contributed by atoms with Gasteiger partial charge in [-0.25, -0.2) is 4.79 Å². The highest BCUT2D eigenvalue weighted by Gasteiger charge is 2.24. The first-order valence-electron chi connectivity index (χ1n) is 6.75. The van der Waals surface area contributed by atoms with E-state index in [0.29, 0.717) is 5.92 Å². The molecule has 100 valence electrons. The number of hydrogen-bond acceptors (Lipinski definition) is 1. The predicted octanol–water partition coefficient (Wildman–Crippen LogP) is 2.44. The second-order valence-electron chi connectivity index (χ2n) is 5.31. The first-order valence-corrected chi connectivity index (χ1v) is 6.75. The maximum absolute atomic E-state index is 11.2. The molecule has 2 aromatic rings. The molecule has 0 bridgehead atoms. The van der Waals surface area contributed by atoms with Gasteiger partial charge in [0.25, 0.3) is 0 Å². The quantitative estimate of drug-likeness (QED) is 0.838. The van der Waals surface area contributed by atoms with Gasteiger partial charge >= 0.3 is 6.03 Å². The summed E-state index contributed by atoms with van der Waals surface area (Å²) in [6.07, 6.45) is 4.23. The molecular weight excluding hydrogens is 238 g/mol. The molecule has 0 atom stereocenters. The van der Waals surface area contributed by atoms with Gasteiger partial charge in [-0.3, -0.25) is 0 Å². The zero-order valence-corrected chi connectivity index (χ0v) is 11.2. The molecule has 3 rings (SSSR count). The van der Waals surface area contributed by atoms with Crippen molar-refractivity contribution in [3.8, 4) is 0 Å². The lowest BCUT2D eigenvalue weighted by atomic mass is 9.89. The van der Waals surface area contributed by atoms with Gasteiger partial charge in [-0.2, -0.15) is 0 Å². The molecule has 0 aliphatic carbocycles. The molecule has 1 fully saturated rings. The van der Waals surface area contributed by atoms with Crippen molar-refractivity contribution < 1.29 is 4.79 Å². The van der Waals surface area contributed by atoms with Crippen molar-refractivity contribution in [1.82, 2.24) is 9.47 Å². The van der Waals surface area contributed by atoms with Gasteiger partial charge in [0.2, 0.25) is 0 Å². The molecule has 1 aromatic heterocycles. The number of aryl methyl sites for hydroxylation is 1. The number of carbonyl (C=O) groups is 1. The molecule has 1 aromatic carbocycles. The van der Waals surface area contributed by atoms with Gasteiger partial charge in [0.1, 0.15) is 0 Å². The van der Waals surface area contributed by atoms with Crippen LogP contribution in [-0.2, 0) is 7.05 Å². The third-order valence-electron chi connectivity index (χ3n) is 4.17. The zero-order valence-electron chi connectivity index (χ0n) is 11.2. The Bertz CT molecular complexity index is 609. The maximum Gasteiger partial charge on any atom is 0.314 e. The smallest absolute Gasteiger partial charge is 0.314 e. The van der Waals surface area contributed by atoms with Crippen LogP contribution < -0.4 is 5.73 Å². The van der Waals surface area contributed by atoms with Gasteiger partial charge in [-0.15, -0.1) is 0 Å². The Kier molecular flexibility index (Phi) is 2.93. The molecule has 1 aliphatic heterocycles. The van der Waals surface area contributed by atoms with Crippen molar-refractivity contribution in [3.05, 3.63) is 36.0 Å². The summed E-state index contributed by atoms with van der Waals surface area (Å²) in [5, 5.41) is 1.34. The minimum absolute atomic E-state index is 0.295. The van der Waals surface area contributed by atoms with E-state index in [1.165, 1.54) is 16.5 Å². The summed E-state index contributed by atoms with van der Waals surface area (Å²) < 4.78 is 2.19. The number of para-hydroxylation sites is 1. The van der Waals surface area contributed by atoms with Crippen LogP contribution >= 0.6 is 0 Å². The molecule has 2 heterocycles. The summed E-state index contributed by atoms with van der Waals surface area (Å²) in [5.74, 6) is 0.529. The highest BCUT2D eigenvalue weighted by atomic mass is 16.2. The number of rotatable bonds is 1. The normalized spacial score (nSPS) is 17.0. The number of nitrogens with two attached hydrogens (primary N) is 1. The molecule has 0 radical (unpaired) electrons. The Morgan fingerprint density at radius 3 is 2.63 bits per heavy atom. The van der Waals surface area contributed by atoms with E-state index in [9.17, 15) is 4.79 Å². The Hall–Kier alpha value is -1.97. The Morgan fingerprint density at radius 2 is 1.95 bits per heavy atom. The minimum atomic E-state index is -0.295. The van der Waals surface area contributed by atoms with Crippen LogP contribution in [0.25, 0.3) is 10.9 Å². The zero-order chi connectivity index (χ0) is 13.4. The van der Waals surface area contributed by atoms with E-state index in [4.69, 9.17) is 5.73 Å². The molecule has 19 heavy (non-hydrogen) atoms. The van der Waals surface area contributed by atoms with Crippen LogP contribution in [0.1, 0.15) is 24.3 Å². The van der Waals surface area contributed by atoms with Crippen molar-refractivity contribution in [1.29, 1.82) is 0 Å². The first kappa shape index (κ1) is 12.1. The fourth-order valence-corrected chi connectivity index (χ4v) is 3.11. The third-order valence-corrected chi connectivity index (χ3v) is 4.17. The number of aromatic nitrogens is 1. The largest absolute Gasteiger partial charge is 0.351 e. The molecule has 0 saturated carbocycles. The van der Waals surface area contributed by atoms with Crippen LogP contribution in [0.3, 0.4) is 0 Å². The summed E-state index contributed by atoms with van der Waals surface area (Å²) >= 11 is 0. The lowest BCUT2D eigenvalue weighted by molar-refractivity contribution is 0.191. The molecule has 4 nitrogen and oxygen atoms in total. The van der Waals surface area contributed by atoms with Crippen molar-refractivity contribution in [3.63, 3.8) is 0 Å². The van der Waals surface area contributed by atoms with E-state index in [-0.39, 0.29) is 6.03 Å². The summed E-state index contributed by atoms with van der Waals surface area (Å²) in [4.78, 5) is 12.9. The number of fused-ring (bicyclic) bond motifs is 1. The van der Waals surface area contributed by atoms with Crippen molar-refractivity contribution >= 4 is 16.9 Å². The predicted molar refractivity (Wildman–Crippen MR) is 76.1 cm³/mol. The molecule has 0 unspecified atom stereocenters. The monoisotopic (exact) mass is 257 g/mol. The molecule has 4 heteroatoms. The number of benzene rings is 1. The van der Waals surface area contributed by atoms with Crippen molar-refractivity contribution in [2.75, 3.05) is 13.1 Å². The average Bonchev–Trinajstić information content (AvgIpc) is 2.77. The topological polar surface area (TPSA) is 51.3 Å². The summed E-state index contributed by atoms with van der Waals surface area (Å²) in [6.45, 7) is 1.53. The molecule has 0 spiro atoms. The number of hydrogen-bond donors (Lipinski definition) is 1. The number of urea groups is 1. The Morgan fingerprint density at radius 1 is 1.26 bits per heavy atom. The van der Waals surface area contributed by atoms with Gasteiger partial charge in [0, 0.05) is 37.2 Å². The van der Waals surface area contributed by atoms with E-state index in [1.54, 1.807) is 4.90 Å². The number of likely N-dealkylation sites (tertiary alicyclic amines) is 1. The summed E-state index contributed by atoms with van der Waals surface area (Å²) in [5.41, 5.74) is 8.01. The highest BCUT2D eigenvalue weighted by Crippen LogP contribution is 2.33. The lowest BCUT2D eigenvalue weighted by Crippen LogP contribution is -2.41. The average molecular weight is 257 g/mol. The lowest BCUT2D eigenvalue weighted by Gasteiger charge is -2.30. The van der Waals surface area contributed by atoms with E-state index < -0.39 is 0 Å². The fraction of sp³-hybridized carbons (Fsp3) is 0.400. The van der Waals surface area contributed by atoms with Crippen molar-refractivity contribution in [2.24, 2.45) is 12.8 Å². The Labute approximate surface area is 112 Å². The van der Waals surface area contributed by atoms with Crippen LogP contribution in [-0.4, -0.2) is 28.6 Å². The van der Waals surface area contributed by atoms with Crippen LogP contribution in [0.15, 0.2) is 30.5 Å². The van der Waals surface area contributed by atoms with Gasteiger partial charge in [-0.1, -0.05) is 18.2 Å². The van der Waals surface area contributed by atoms with Crippen LogP contribution in [0.5, 0.6) is 0 Å². The molecule has 2 N–H and O–H groups in total. The number of nitrogens with zero attached hydrogens (tertiary/aromatic N) is 2. The number of piperidine rings is 1. The van der Waals surface area contributed by atoms with Gasteiger partial charge in [-0.05, 0) is 30.4 Å². The number of amides is 2. The van der Waals surface area contributed by atoms with Gasteiger partial charge < -0.3 is 15.2 Å². The molecule has 1 aliphatic rings. The van der Waals surface area contributed by atoms with Crippen molar-refractivity contribution in [2.45, 2.75) is 18.8 Å². The number of primary amides is 1. The van der Waals surface area contributed by atoms with E-state index in [2.05, 4.69) is 42.1 Å². The summed E-state index contributed by atoms with van der Waals surface area (Å²) in [7, 11) is 2.09. The third kappa shape index (κ3) is 2.07. The van der Waals surface area contributed by atoms with Gasteiger partial charge in [0.05, 0.1) is 0 Å². The number of carbonyl (C=O) groups excluding carboxylic acids is 1. The SMILES string of the molecule is Cn1cc(C2CCN(C(N)=O)CC2)c2ccccc21. The highest BCUT2D eigenvalue weighted by molar-refractivity contribution is 5.84. The van der Waals surface area contributed by atoms with Crippen LogP contribution in [0.4, 0.5) is 4.79 Å². The maximum atomic E-state index is 11.2. The second-order valence-corrected chi connectivity index (χ2v) is 5.31. The van der Waals surface area contributed by atoms with Crippen LogP contribution in [0, 0.1) is 0 Å². The molecular formula is C15H19N3O. The molecule has 1 saturated heterocycles. The summed E-state index contributed by atoms with van der Waals surface area (Å²) in [6, 6.07) is 8.20. The van der Waals surface area contributed by atoms with Gasteiger partial charge in [0.15, 0.2) is 0 Å². The first-order chi connectivity index (χ1) is 9.16. The molecule has 2 amide bonds. The fourth-order valence-electron chi connectivity index (χ4n) is 3.11. The second kappa shape index (κ2) is 4.61. The van der Waals surface area contributed by atoms with E-state index >= 15 is 0 Å². The van der Waals surface area contributed by atoms with Crippen LogP contribution in [0.2, 0.25) is 0 Å². The van der Waals surface area contributed by atoms with E-state index in [1.807, 2.05) is 0 Å². The minimum Gasteiger partial charge on any atom is -0.351 e. The Balaban J connectivity index is 1.88. The standard InChI is InChI=1S/C15H19N3O/c1-17-10-13(12-4-2-3-5-14(12)17)11-6-8-18(9-7-11)15(16)19/h2-5,10-11H,6-9H2,1H3,(H2,16,19).